The summed E-state index contributed by atoms with van der Waals surface area (Å²) in [4.78, 5) is 15.7. The molecule has 0 saturated heterocycles. The maximum atomic E-state index is 11.4. The van der Waals surface area contributed by atoms with Crippen LogP contribution < -0.4 is 0 Å². The Labute approximate surface area is 89.5 Å². The molecule has 1 amide bonds. The van der Waals surface area contributed by atoms with Crippen LogP contribution in [0.5, 0.6) is 0 Å². The Hall–Kier alpha value is -0.830. The largest absolute Gasteiger partial charge is 0.349 e. The van der Waals surface area contributed by atoms with Crippen molar-refractivity contribution in [3.05, 3.63) is 21.4 Å². The summed E-state index contributed by atoms with van der Waals surface area (Å²) >= 11 is 1.80. The highest BCUT2D eigenvalue weighted by atomic mass is 32.1. The molecule has 14 heavy (non-hydrogen) atoms. The molecule has 0 N–H and O–H groups in total. The summed E-state index contributed by atoms with van der Waals surface area (Å²) in [7, 11) is 3.60. The first-order chi connectivity index (χ1) is 6.50. The lowest BCUT2D eigenvalue weighted by Gasteiger charge is -2.09. The van der Waals surface area contributed by atoms with Gasteiger partial charge in [-0.1, -0.05) is 0 Å². The predicted octanol–water partition coefficient (Wildman–Crippen LogP) is 2.39. The van der Waals surface area contributed by atoms with Gasteiger partial charge >= 0.3 is 0 Å². The van der Waals surface area contributed by atoms with Crippen LogP contribution in [-0.4, -0.2) is 24.9 Å². The molecule has 0 saturated carbocycles. The monoisotopic (exact) mass is 211 g/mol. The first-order valence-corrected chi connectivity index (χ1v) is 5.58. The van der Waals surface area contributed by atoms with E-state index in [1.807, 2.05) is 0 Å². The van der Waals surface area contributed by atoms with Gasteiger partial charge in [-0.3, -0.25) is 4.79 Å². The number of rotatable bonds is 3. The Morgan fingerprint density at radius 2 is 2.07 bits per heavy atom. The normalized spacial score (nSPS) is 10.3. The van der Waals surface area contributed by atoms with Crippen LogP contribution in [0.2, 0.25) is 0 Å². The number of hydrogen-bond acceptors (Lipinski definition) is 2. The molecule has 1 rings (SSSR count). The molecule has 3 heteroatoms. The summed E-state index contributed by atoms with van der Waals surface area (Å²) in [5.41, 5.74) is 1.32. The quantitative estimate of drug-likeness (QED) is 0.751. The summed E-state index contributed by atoms with van der Waals surface area (Å²) in [5.74, 6) is 0.202. The first-order valence-electron chi connectivity index (χ1n) is 4.76. The number of amides is 1. The van der Waals surface area contributed by atoms with Crippen molar-refractivity contribution in [2.24, 2.45) is 0 Å². The Morgan fingerprint density at radius 1 is 1.43 bits per heavy atom. The van der Waals surface area contributed by atoms with Crippen molar-refractivity contribution >= 4 is 17.2 Å². The molecule has 0 fully saturated rings. The van der Waals surface area contributed by atoms with Crippen LogP contribution in [0.1, 0.15) is 21.7 Å². The van der Waals surface area contributed by atoms with E-state index >= 15 is 0 Å². The first kappa shape index (κ1) is 11.2. The molecule has 0 atom stereocenters. The maximum absolute atomic E-state index is 11.4. The van der Waals surface area contributed by atoms with Crippen molar-refractivity contribution in [2.45, 2.75) is 26.7 Å². The van der Waals surface area contributed by atoms with Gasteiger partial charge in [-0.05, 0) is 31.9 Å². The average Bonchev–Trinajstić information content (AvgIpc) is 2.40. The SMILES string of the molecule is Cc1cc(CCC(=O)N(C)C)c(C)s1. The van der Waals surface area contributed by atoms with Crippen molar-refractivity contribution in [1.29, 1.82) is 0 Å². The molecular weight excluding hydrogens is 194 g/mol. The number of nitrogens with zero attached hydrogens (tertiary/aromatic N) is 1. The fourth-order valence-electron chi connectivity index (χ4n) is 1.40. The Kier molecular flexibility index (Phi) is 3.69. The van der Waals surface area contributed by atoms with E-state index in [9.17, 15) is 4.79 Å². The lowest BCUT2D eigenvalue weighted by Crippen LogP contribution is -2.21. The molecule has 78 valence electrons. The summed E-state index contributed by atoms with van der Waals surface area (Å²) in [6.45, 7) is 4.22. The van der Waals surface area contributed by atoms with Gasteiger partial charge in [0.2, 0.25) is 5.91 Å². The highest BCUT2D eigenvalue weighted by Crippen LogP contribution is 2.21. The van der Waals surface area contributed by atoms with Crippen molar-refractivity contribution in [3.8, 4) is 0 Å². The number of carbonyl (C=O) groups is 1. The molecule has 0 aliphatic rings. The number of thiophene rings is 1. The third kappa shape index (κ3) is 2.84. The fraction of sp³-hybridized carbons (Fsp3) is 0.545. The molecule has 0 aliphatic heterocycles. The van der Waals surface area contributed by atoms with E-state index < -0.39 is 0 Å². The van der Waals surface area contributed by atoms with Crippen LogP contribution in [0.4, 0.5) is 0 Å². The van der Waals surface area contributed by atoms with E-state index in [1.54, 1.807) is 30.3 Å². The van der Waals surface area contributed by atoms with Gasteiger partial charge in [0.25, 0.3) is 0 Å². The van der Waals surface area contributed by atoms with Crippen molar-refractivity contribution < 1.29 is 4.79 Å². The van der Waals surface area contributed by atoms with Gasteiger partial charge in [-0.15, -0.1) is 11.3 Å². The van der Waals surface area contributed by atoms with Crippen LogP contribution in [0, 0.1) is 13.8 Å². The Balaban J connectivity index is 2.54. The van der Waals surface area contributed by atoms with E-state index in [1.165, 1.54) is 15.3 Å². The predicted molar refractivity (Wildman–Crippen MR) is 60.8 cm³/mol. The standard InChI is InChI=1S/C11H17NOS/c1-8-7-10(9(2)14-8)5-6-11(13)12(3)4/h7H,5-6H2,1-4H3. The number of aryl methyl sites for hydroxylation is 3. The molecule has 1 heterocycles. The van der Waals surface area contributed by atoms with Gasteiger partial charge in [-0.2, -0.15) is 0 Å². The van der Waals surface area contributed by atoms with E-state index in [0.29, 0.717) is 6.42 Å². The van der Waals surface area contributed by atoms with Crippen LogP contribution in [0.3, 0.4) is 0 Å². The van der Waals surface area contributed by atoms with Gasteiger partial charge in [0.15, 0.2) is 0 Å². The minimum Gasteiger partial charge on any atom is -0.349 e. The summed E-state index contributed by atoms with van der Waals surface area (Å²) in [5, 5.41) is 0. The Bertz CT molecular complexity index is 328. The average molecular weight is 211 g/mol. The zero-order valence-corrected chi connectivity index (χ0v) is 10.1. The molecular formula is C11H17NOS. The van der Waals surface area contributed by atoms with E-state index in [0.717, 1.165) is 6.42 Å². The zero-order valence-electron chi connectivity index (χ0n) is 9.26. The molecule has 0 aromatic carbocycles. The van der Waals surface area contributed by atoms with Crippen molar-refractivity contribution in [1.82, 2.24) is 4.90 Å². The Morgan fingerprint density at radius 3 is 2.50 bits per heavy atom. The minimum atomic E-state index is 0.202. The lowest BCUT2D eigenvalue weighted by molar-refractivity contribution is -0.128. The molecule has 0 bridgehead atoms. The highest BCUT2D eigenvalue weighted by Gasteiger charge is 2.07. The van der Waals surface area contributed by atoms with Gasteiger partial charge < -0.3 is 4.90 Å². The van der Waals surface area contributed by atoms with Crippen molar-refractivity contribution in [2.75, 3.05) is 14.1 Å². The second-order valence-corrected chi connectivity index (χ2v) is 5.19. The fourth-order valence-corrected chi connectivity index (χ4v) is 2.37. The van der Waals surface area contributed by atoms with E-state index in [2.05, 4.69) is 19.9 Å². The third-order valence-corrected chi connectivity index (χ3v) is 3.26. The maximum Gasteiger partial charge on any atom is 0.222 e. The van der Waals surface area contributed by atoms with Gasteiger partial charge in [-0.25, -0.2) is 0 Å². The number of hydrogen-bond donors (Lipinski definition) is 0. The van der Waals surface area contributed by atoms with E-state index in [4.69, 9.17) is 0 Å². The van der Waals surface area contributed by atoms with Gasteiger partial charge in [0, 0.05) is 30.3 Å². The van der Waals surface area contributed by atoms with Crippen LogP contribution in [0.15, 0.2) is 6.07 Å². The van der Waals surface area contributed by atoms with Crippen molar-refractivity contribution in [3.63, 3.8) is 0 Å². The molecule has 1 aromatic heterocycles. The summed E-state index contributed by atoms with van der Waals surface area (Å²) in [6, 6.07) is 2.18. The van der Waals surface area contributed by atoms with Crippen LogP contribution >= 0.6 is 11.3 Å². The molecule has 0 unspecified atom stereocenters. The van der Waals surface area contributed by atoms with Gasteiger partial charge in [0.05, 0.1) is 0 Å². The van der Waals surface area contributed by atoms with E-state index in [-0.39, 0.29) is 5.91 Å². The summed E-state index contributed by atoms with van der Waals surface area (Å²) in [6.07, 6.45) is 1.48. The molecule has 2 nitrogen and oxygen atoms in total. The molecule has 0 spiro atoms. The smallest absolute Gasteiger partial charge is 0.222 e. The summed E-state index contributed by atoms with van der Waals surface area (Å²) < 4.78 is 0. The molecule has 0 aliphatic carbocycles. The molecule has 1 aromatic rings. The van der Waals surface area contributed by atoms with Crippen LogP contribution in [-0.2, 0) is 11.2 Å². The molecule has 0 radical (unpaired) electrons. The second-order valence-electron chi connectivity index (χ2n) is 3.73. The topological polar surface area (TPSA) is 20.3 Å². The highest BCUT2D eigenvalue weighted by molar-refractivity contribution is 7.12. The van der Waals surface area contributed by atoms with Gasteiger partial charge in [0.1, 0.15) is 0 Å². The minimum absolute atomic E-state index is 0.202. The number of carbonyl (C=O) groups excluding carboxylic acids is 1. The third-order valence-electron chi connectivity index (χ3n) is 2.25. The second kappa shape index (κ2) is 4.60. The van der Waals surface area contributed by atoms with Crippen LogP contribution in [0.25, 0.3) is 0 Å². The lowest BCUT2D eigenvalue weighted by atomic mass is 10.1. The zero-order chi connectivity index (χ0) is 10.7.